The molecule has 0 radical (unpaired) electrons. The van der Waals surface area contributed by atoms with Crippen LogP contribution in [0.15, 0.2) is 47.4 Å². The van der Waals surface area contributed by atoms with Crippen molar-refractivity contribution in [2.45, 2.75) is 37.7 Å². The first-order chi connectivity index (χ1) is 15.8. The van der Waals surface area contributed by atoms with E-state index in [9.17, 15) is 13.2 Å². The molecule has 0 bridgehead atoms. The number of fused-ring (bicyclic) bond motifs is 1. The van der Waals surface area contributed by atoms with Crippen molar-refractivity contribution in [3.05, 3.63) is 53.1 Å². The van der Waals surface area contributed by atoms with Crippen LogP contribution in [0, 0.1) is 0 Å². The zero-order chi connectivity index (χ0) is 23.6. The summed E-state index contributed by atoms with van der Waals surface area (Å²) in [7, 11) is -3.83. The van der Waals surface area contributed by atoms with Gasteiger partial charge in [-0.15, -0.1) is 0 Å². The van der Waals surface area contributed by atoms with Crippen molar-refractivity contribution in [1.82, 2.24) is 9.29 Å². The number of benzene rings is 2. The Morgan fingerprint density at radius 3 is 2.64 bits per heavy atom. The number of aromatic nitrogens is 1. The fraction of sp³-hybridized carbons (Fsp3) is 0.391. The van der Waals surface area contributed by atoms with Crippen molar-refractivity contribution in [3.63, 3.8) is 0 Å². The minimum atomic E-state index is -3.83. The van der Waals surface area contributed by atoms with Crippen molar-refractivity contribution >= 4 is 54.2 Å². The highest BCUT2D eigenvalue weighted by molar-refractivity contribution is 7.89. The highest BCUT2D eigenvalue weighted by Gasteiger charge is 2.30. The second kappa shape index (κ2) is 10.1. The van der Waals surface area contributed by atoms with Gasteiger partial charge in [-0.1, -0.05) is 48.9 Å². The van der Waals surface area contributed by atoms with Gasteiger partial charge in [-0.05, 0) is 43.2 Å². The number of thiazole rings is 1. The van der Waals surface area contributed by atoms with Gasteiger partial charge in [0, 0.05) is 25.3 Å². The standard InChI is InChI=1S/C23H26ClN3O4S2/c1-3-26(4-2)33(29,30)21-14-16(11-12-18(21)24)22(28)27(15-17-8-7-13-31-17)23-25-19-9-5-6-10-20(19)32-23/h5-6,9-12,14,17H,3-4,7-8,13,15H2,1-2H3/t17-/m0/s1. The maximum Gasteiger partial charge on any atom is 0.260 e. The number of halogens is 1. The van der Waals surface area contributed by atoms with E-state index in [1.165, 1.54) is 27.8 Å². The van der Waals surface area contributed by atoms with E-state index in [0.717, 1.165) is 23.1 Å². The molecule has 4 rings (SSSR count). The lowest BCUT2D eigenvalue weighted by Crippen LogP contribution is -2.37. The van der Waals surface area contributed by atoms with Crippen molar-refractivity contribution < 1.29 is 17.9 Å². The van der Waals surface area contributed by atoms with E-state index >= 15 is 0 Å². The average Bonchev–Trinajstić information content (AvgIpc) is 3.47. The summed E-state index contributed by atoms with van der Waals surface area (Å²) in [5, 5.41) is 0.643. The van der Waals surface area contributed by atoms with Crippen LogP contribution in [0.1, 0.15) is 37.0 Å². The van der Waals surface area contributed by atoms with E-state index in [1.807, 2.05) is 24.3 Å². The van der Waals surface area contributed by atoms with Crippen LogP contribution in [0.5, 0.6) is 0 Å². The van der Waals surface area contributed by atoms with Gasteiger partial charge in [0.05, 0.1) is 27.9 Å². The maximum atomic E-state index is 13.7. The summed E-state index contributed by atoms with van der Waals surface area (Å²) < 4.78 is 34.3. The molecular weight excluding hydrogens is 482 g/mol. The van der Waals surface area contributed by atoms with Crippen LogP contribution in [0.25, 0.3) is 10.2 Å². The summed E-state index contributed by atoms with van der Waals surface area (Å²) in [6.07, 6.45) is 1.71. The number of hydrogen-bond donors (Lipinski definition) is 0. The molecule has 176 valence electrons. The molecule has 0 spiro atoms. The summed E-state index contributed by atoms with van der Waals surface area (Å²) in [6.45, 7) is 5.16. The summed E-state index contributed by atoms with van der Waals surface area (Å²) in [5.74, 6) is -0.336. The Bertz CT molecular complexity index is 1220. The minimum absolute atomic E-state index is 0.0694. The van der Waals surface area contributed by atoms with Crippen LogP contribution in [-0.4, -0.2) is 56.0 Å². The van der Waals surface area contributed by atoms with E-state index in [2.05, 4.69) is 4.98 Å². The molecule has 0 N–H and O–H groups in total. The second-order valence-corrected chi connectivity index (χ2v) is 11.1. The molecule has 1 atom stereocenters. The predicted octanol–water partition coefficient (Wildman–Crippen LogP) is 4.81. The third-order valence-corrected chi connectivity index (χ3v) is 9.26. The number of rotatable bonds is 8. The summed E-state index contributed by atoms with van der Waals surface area (Å²) in [6, 6.07) is 12.1. The van der Waals surface area contributed by atoms with Crippen LogP contribution < -0.4 is 4.90 Å². The smallest absolute Gasteiger partial charge is 0.260 e. The van der Waals surface area contributed by atoms with Crippen LogP contribution in [-0.2, 0) is 14.8 Å². The first kappa shape index (κ1) is 24.1. The highest BCUT2D eigenvalue weighted by atomic mass is 35.5. The molecule has 2 heterocycles. The maximum absolute atomic E-state index is 13.7. The van der Waals surface area contributed by atoms with E-state index in [0.29, 0.717) is 31.4 Å². The fourth-order valence-corrected chi connectivity index (χ4v) is 6.84. The minimum Gasteiger partial charge on any atom is -0.376 e. The molecule has 1 aromatic heterocycles. The first-order valence-electron chi connectivity index (χ1n) is 10.9. The Kier molecular flexibility index (Phi) is 7.35. The lowest BCUT2D eigenvalue weighted by molar-refractivity contribution is 0.0917. The number of carbonyl (C=O) groups excluding carboxylic acids is 1. The average molecular weight is 508 g/mol. The van der Waals surface area contributed by atoms with E-state index in [-0.39, 0.29) is 27.5 Å². The van der Waals surface area contributed by atoms with Crippen molar-refractivity contribution in [2.75, 3.05) is 31.1 Å². The quantitative estimate of drug-likeness (QED) is 0.437. The molecular formula is C23H26ClN3O4S2. The van der Waals surface area contributed by atoms with Crippen molar-refractivity contribution in [1.29, 1.82) is 0 Å². The van der Waals surface area contributed by atoms with Crippen LogP contribution in [0.2, 0.25) is 5.02 Å². The molecule has 1 aliphatic rings. The molecule has 7 nitrogen and oxygen atoms in total. The van der Waals surface area contributed by atoms with E-state index < -0.39 is 10.0 Å². The zero-order valence-corrected chi connectivity index (χ0v) is 20.9. The van der Waals surface area contributed by atoms with Gasteiger partial charge in [0.25, 0.3) is 5.91 Å². The number of para-hydroxylation sites is 1. The third kappa shape index (κ3) is 4.93. The first-order valence-corrected chi connectivity index (χ1v) is 13.6. The van der Waals surface area contributed by atoms with Crippen LogP contribution in [0.4, 0.5) is 5.13 Å². The molecule has 1 amide bonds. The van der Waals surface area contributed by atoms with Gasteiger partial charge in [-0.2, -0.15) is 4.31 Å². The van der Waals surface area contributed by atoms with Gasteiger partial charge in [0.1, 0.15) is 4.90 Å². The molecule has 1 saturated heterocycles. The topological polar surface area (TPSA) is 79.8 Å². The SMILES string of the molecule is CCN(CC)S(=O)(=O)c1cc(C(=O)N(C[C@@H]2CCCO2)c2nc3ccccc3s2)ccc1Cl. The number of nitrogens with zero attached hydrogens (tertiary/aromatic N) is 3. The molecule has 1 fully saturated rings. The predicted molar refractivity (Wildman–Crippen MR) is 132 cm³/mol. The second-order valence-electron chi connectivity index (χ2n) is 7.75. The molecule has 0 saturated carbocycles. The Morgan fingerprint density at radius 1 is 1.21 bits per heavy atom. The van der Waals surface area contributed by atoms with Gasteiger partial charge >= 0.3 is 0 Å². The summed E-state index contributed by atoms with van der Waals surface area (Å²) in [4.78, 5) is 19.9. The van der Waals surface area contributed by atoms with Crippen molar-refractivity contribution in [2.24, 2.45) is 0 Å². The Labute approximate surface area is 203 Å². The Morgan fingerprint density at radius 2 is 1.97 bits per heavy atom. The van der Waals surface area contributed by atoms with E-state index in [1.54, 1.807) is 24.8 Å². The number of carbonyl (C=O) groups is 1. The normalized spacial score (nSPS) is 16.5. The lowest BCUT2D eigenvalue weighted by Gasteiger charge is -2.24. The van der Waals surface area contributed by atoms with Crippen molar-refractivity contribution in [3.8, 4) is 0 Å². The summed E-state index contributed by atoms with van der Waals surface area (Å²) in [5.41, 5.74) is 1.05. The van der Waals surface area contributed by atoms with E-state index in [4.69, 9.17) is 16.3 Å². The van der Waals surface area contributed by atoms with Crippen LogP contribution in [0.3, 0.4) is 0 Å². The number of sulfonamides is 1. The Hall–Kier alpha value is -2.04. The molecule has 3 aromatic rings. The molecule has 10 heteroatoms. The summed E-state index contributed by atoms with van der Waals surface area (Å²) >= 11 is 7.69. The number of ether oxygens (including phenoxy) is 1. The molecule has 2 aromatic carbocycles. The number of hydrogen-bond acceptors (Lipinski definition) is 6. The third-order valence-electron chi connectivity index (χ3n) is 5.67. The fourth-order valence-electron chi connectivity index (χ4n) is 3.91. The molecule has 1 aliphatic heterocycles. The van der Waals surface area contributed by atoms with Gasteiger partial charge in [-0.25, -0.2) is 13.4 Å². The van der Waals surface area contributed by atoms with Crippen LogP contribution >= 0.6 is 22.9 Å². The Balaban J connectivity index is 1.74. The van der Waals surface area contributed by atoms with Gasteiger partial charge in [0.2, 0.25) is 10.0 Å². The monoisotopic (exact) mass is 507 g/mol. The van der Waals surface area contributed by atoms with Gasteiger partial charge in [0.15, 0.2) is 5.13 Å². The number of amides is 1. The lowest BCUT2D eigenvalue weighted by atomic mass is 10.1. The highest BCUT2D eigenvalue weighted by Crippen LogP contribution is 2.32. The van der Waals surface area contributed by atoms with Gasteiger partial charge in [-0.3, -0.25) is 9.69 Å². The zero-order valence-electron chi connectivity index (χ0n) is 18.5. The van der Waals surface area contributed by atoms with Gasteiger partial charge < -0.3 is 4.74 Å². The molecule has 33 heavy (non-hydrogen) atoms. The number of anilines is 1. The molecule has 0 unspecified atom stereocenters. The molecule has 0 aliphatic carbocycles. The largest absolute Gasteiger partial charge is 0.376 e.